The second kappa shape index (κ2) is 7.01. The van der Waals surface area contributed by atoms with Gasteiger partial charge in [-0.2, -0.15) is 11.8 Å². The zero-order chi connectivity index (χ0) is 12.7. The first-order valence-corrected chi connectivity index (χ1v) is 6.82. The van der Waals surface area contributed by atoms with Crippen LogP contribution in [0.5, 0.6) is 0 Å². The van der Waals surface area contributed by atoms with Crippen LogP contribution in [-0.2, 0) is 0 Å². The van der Waals surface area contributed by atoms with E-state index in [0.29, 0.717) is 5.69 Å². The molecule has 0 radical (unpaired) electrons. The number of anilines is 2. The maximum atomic E-state index is 10.9. The summed E-state index contributed by atoms with van der Waals surface area (Å²) in [5, 5.41) is 13.9. The van der Waals surface area contributed by atoms with Crippen molar-refractivity contribution in [2.75, 3.05) is 29.6 Å². The number of thioether (sulfide) groups is 1. The van der Waals surface area contributed by atoms with Crippen LogP contribution in [0.1, 0.15) is 12.8 Å². The molecule has 0 unspecified atom stereocenters. The SMILES string of the molecule is CSCCCCNc1cccc(N)c1[N+](=O)[O-]. The molecule has 1 aromatic carbocycles. The molecule has 5 nitrogen and oxygen atoms in total. The normalized spacial score (nSPS) is 10.2. The summed E-state index contributed by atoms with van der Waals surface area (Å²) in [6, 6.07) is 4.94. The summed E-state index contributed by atoms with van der Waals surface area (Å²) >= 11 is 1.80. The summed E-state index contributed by atoms with van der Waals surface area (Å²) in [5.74, 6) is 1.11. The lowest BCUT2D eigenvalue weighted by atomic mass is 10.2. The van der Waals surface area contributed by atoms with Gasteiger partial charge in [0.25, 0.3) is 0 Å². The molecule has 1 rings (SSSR count). The van der Waals surface area contributed by atoms with Gasteiger partial charge in [-0.05, 0) is 37.0 Å². The van der Waals surface area contributed by atoms with Crippen LogP contribution < -0.4 is 11.1 Å². The Balaban J connectivity index is 2.58. The predicted octanol–water partition coefficient (Wildman–Crippen LogP) is 2.73. The Kier molecular flexibility index (Phi) is 5.62. The van der Waals surface area contributed by atoms with Crippen LogP contribution in [0.4, 0.5) is 17.1 Å². The van der Waals surface area contributed by atoms with Gasteiger partial charge in [0, 0.05) is 6.54 Å². The Bertz CT molecular complexity index is 385. The van der Waals surface area contributed by atoms with E-state index in [9.17, 15) is 10.1 Å². The average molecular weight is 255 g/mol. The van der Waals surface area contributed by atoms with Gasteiger partial charge in [-0.1, -0.05) is 6.07 Å². The largest absolute Gasteiger partial charge is 0.393 e. The Labute approximate surface area is 105 Å². The highest BCUT2D eigenvalue weighted by Crippen LogP contribution is 2.30. The lowest BCUT2D eigenvalue weighted by Crippen LogP contribution is -2.06. The van der Waals surface area contributed by atoms with Crippen molar-refractivity contribution in [3.05, 3.63) is 28.3 Å². The summed E-state index contributed by atoms with van der Waals surface area (Å²) in [6.07, 6.45) is 4.16. The van der Waals surface area contributed by atoms with E-state index < -0.39 is 4.92 Å². The molecule has 0 spiro atoms. The molecule has 0 fully saturated rings. The van der Waals surface area contributed by atoms with E-state index in [2.05, 4.69) is 11.6 Å². The van der Waals surface area contributed by atoms with E-state index in [1.165, 1.54) is 6.07 Å². The minimum atomic E-state index is -0.445. The third kappa shape index (κ3) is 4.14. The third-order valence-electron chi connectivity index (χ3n) is 2.34. The van der Waals surface area contributed by atoms with Crippen molar-refractivity contribution in [1.82, 2.24) is 0 Å². The van der Waals surface area contributed by atoms with E-state index in [0.717, 1.165) is 25.1 Å². The van der Waals surface area contributed by atoms with Gasteiger partial charge in [-0.25, -0.2) is 0 Å². The van der Waals surface area contributed by atoms with Gasteiger partial charge >= 0.3 is 5.69 Å². The van der Waals surface area contributed by atoms with Gasteiger partial charge in [0.05, 0.1) is 4.92 Å². The molecule has 0 aromatic heterocycles. The van der Waals surface area contributed by atoms with Gasteiger partial charge in [0.2, 0.25) is 0 Å². The molecule has 17 heavy (non-hydrogen) atoms. The highest BCUT2D eigenvalue weighted by atomic mass is 32.2. The molecule has 1 aromatic rings. The summed E-state index contributed by atoms with van der Waals surface area (Å²) in [6.45, 7) is 0.727. The summed E-state index contributed by atoms with van der Waals surface area (Å²) in [5.41, 5.74) is 6.26. The van der Waals surface area contributed by atoms with E-state index >= 15 is 0 Å². The fourth-order valence-corrected chi connectivity index (χ4v) is 2.00. The standard InChI is InChI=1S/C11H17N3O2S/c1-17-8-3-2-7-13-10-6-4-5-9(12)11(10)14(15)16/h4-6,13H,2-3,7-8,12H2,1H3. The van der Waals surface area contributed by atoms with Crippen LogP contribution in [0.25, 0.3) is 0 Å². The average Bonchev–Trinajstić information content (AvgIpc) is 2.28. The molecule has 6 heteroatoms. The second-order valence-electron chi connectivity index (χ2n) is 3.63. The van der Waals surface area contributed by atoms with Crippen molar-refractivity contribution in [3.63, 3.8) is 0 Å². The Morgan fingerprint density at radius 3 is 2.88 bits per heavy atom. The molecule has 0 amide bonds. The smallest absolute Gasteiger partial charge is 0.314 e. The Morgan fingerprint density at radius 1 is 1.47 bits per heavy atom. The van der Waals surface area contributed by atoms with E-state index in [1.54, 1.807) is 23.9 Å². The zero-order valence-corrected chi connectivity index (χ0v) is 10.6. The van der Waals surface area contributed by atoms with E-state index in [1.807, 2.05) is 0 Å². The number of nitro benzene ring substituents is 1. The molecule has 94 valence electrons. The molecular weight excluding hydrogens is 238 g/mol. The molecule has 0 aliphatic carbocycles. The third-order valence-corrected chi connectivity index (χ3v) is 3.04. The highest BCUT2D eigenvalue weighted by Gasteiger charge is 2.16. The Hall–Kier alpha value is -1.43. The minimum Gasteiger partial charge on any atom is -0.393 e. The van der Waals surface area contributed by atoms with Crippen LogP contribution in [0.2, 0.25) is 0 Å². The first kappa shape index (κ1) is 13.6. The van der Waals surface area contributed by atoms with Crippen molar-refractivity contribution in [2.24, 2.45) is 0 Å². The summed E-state index contributed by atoms with van der Waals surface area (Å²) < 4.78 is 0. The van der Waals surface area contributed by atoms with Crippen LogP contribution in [0, 0.1) is 10.1 Å². The number of nitro groups is 1. The number of nitrogens with one attached hydrogen (secondary N) is 1. The highest BCUT2D eigenvalue weighted by molar-refractivity contribution is 7.98. The minimum absolute atomic E-state index is 0.0302. The number of hydrogen-bond acceptors (Lipinski definition) is 5. The number of unbranched alkanes of at least 4 members (excludes halogenated alkanes) is 1. The number of nitrogens with zero attached hydrogens (tertiary/aromatic N) is 1. The lowest BCUT2D eigenvalue weighted by molar-refractivity contribution is -0.383. The molecule has 0 atom stereocenters. The summed E-state index contributed by atoms with van der Waals surface area (Å²) in [7, 11) is 0. The van der Waals surface area contributed by atoms with Crippen molar-refractivity contribution in [2.45, 2.75) is 12.8 Å². The molecule has 0 bridgehead atoms. The lowest BCUT2D eigenvalue weighted by Gasteiger charge is -2.07. The van der Waals surface area contributed by atoms with Crippen molar-refractivity contribution in [1.29, 1.82) is 0 Å². The molecule has 0 saturated carbocycles. The Morgan fingerprint density at radius 2 is 2.24 bits per heavy atom. The fourth-order valence-electron chi connectivity index (χ4n) is 1.50. The molecule has 0 heterocycles. The second-order valence-corrected chi connectivity index (χ2v) is 4.61. The molecule has 3 N–H and O–H groups in total. The number of para-hydroxylation sites is 1. The molecule has 0 aliphatic heterocycles. The van der Waals surface area contributed by atoms with Gasteiger partial charge in [-0.15, -0.1) is 0 Å². The molecule has 0 aliphatic rings. The fraction of sp³-hybridized carbons (Fsp3) is 0.455. The van der Waals surface area contributed by atoms with Gasteiger partial charge in [-0.3, -0.25) is 10.1 Å². The zero-order valence-electron chi connectivity index (χ0n) is 9.81. The number of nitrogen functional groups attached to an aromatic ring is 1. The number of hydrogen-bond donors (Lipinski definition) is 2. The number of benzene rings is 1. The van der Waals surface area contributed by atoms with Crippen LogP contribution in [0.3, 0.4) is 0 Å². The van der Waals surface area contributed by atoms with Crippen LogP contribution in [0.15, 0.2) is 18.2 Å². The van der Waals surface area contributed by atoms with Gasteiger partial charge < -0.3 is 11.1 Å². The van der Waals surface area contributed by atoms with E-state index in [4.69, 9.17) is 5.73 Å². The van der Waals surface area contributed by atoms with Crippen molar-refractivity contribution < 1.29 is 4.92 Å². The quantitative estimate of drug-likeness (QED) is 0.339. The van der Waals surface area contributed by atoms with Crippen molar-refractivity contribution in [3.8, 4) is 0 Å². The van der Waals surface area contributed by atoms with E-state index in [-0.39, 0.29) is 11.4 Å². The van der Waals surface area contributed by atoms with Crippen LogP contribution in [-0.4, -0.2) is 23.5 Å². The molecule has 0 saturated heterocycles. The maximum Gasteiger partial charge on any atom is 0.314 e. The van der Waals surface area contributed by atoms with Gasteiger partial charge in [0.1, 0.15) is 11.4 Å². The van der Waals surface area contributed by atoms with Gasteiger partial charge in [0.15, 0.2) is 0 Å². The van der Waals surface area contributed by atoms with Crippen molar-refractivity contribution >= 4 is 28.8 Å². The topological polar surface area (TPSA) is 81.2 Å². The number of nitrogens with two attached hydrogens (primary N) is 1. The first-order valence-electron chi connectivity index (χ1n) is 5.42. The summed E-state index contributed by atoms with van der Waals surface area (Å²) in [4.78, 5) is 10.4. The number of rotatable bonds is 7. The first-order chi connectivity index (χ1) is 8.16. The predicted molar refractivity (Wildman–Crippen MR) is 73.6 cm³/mol. The molecular formula is C11H17N3O2S. The van der Waals surface area contributed by atoms with Crippen LogP contribution >= 0.6 is 11.8 Å². The maximum absolute atomic E-state index is 10.9. The monoisotopic (exact) mass is 255 g/mol.